The van der Waals surface area contributed by atoms with Crippen LogP contribution in [-0.4, -0.2) is 25.9 Å². The Hall–Kier alpha value is -3.53. The number of aryl methyl sites for hydroxylation is 1. The van der Waals surface area contributed by atoms with E-state index in [0.717, 1.165) is 15.4 Å². The number of phenolic OH excluding ortho intramolecular Hbond substituents is 1. The first-order chi connectivity index (χ1) is 16.8. The van der Waals surface area contributed by atoms with Crippen LogP contribution in [0.5, 0.6) is 5.75 Å². The van der Waals surface area contributed by atoms with Gasteiger partial charge in [-0.2, -0.15) is 5.10 Å². The molecular weight excluding hydrogens is 509 g/mol. The van der Waals surface area contributed by atoms with Crippen molar-refractivity contribution in [1.82, 2.24) is 14.8 Å². The molecule has 2 aromatic carbocycles. The van der Waals surface area contributed by atoms with Crippen molar-refractivity contribution in [2.45, 2.75) is 23.3 Å². The number of nitrogens with one attached hydrogen (secondary N) is 2. The summed E-state index contributed by atoms with van der Waals surface area (Å²) in [7, 11) is 0. The van der Waals surface area contributed by atoms with E-state index < -0.39 is 11.6 Å². The number of rotatable bonds is 6. The Morgan fingerprint density at radius 3 is 2.40 bits per heavy atom. The number of carbonyl (C=O) groups excluding carboxylic acids is 1. The van der Waals surface area contributed by atoms with Crippen LogP contribution in [0.3, 0.4) is 0 Å². The highest BCUT2D eigenvalue weighted by Crippen LogP contribution is 2.32. The van der Waals surface area contributed by atoms with Crippen LogP contribution in [0.2, 0.25) is 10.0 Å². The van der Waals surface area contributed by atoms with Gasteiger partial charge in [0.15, 0.2) is 0 Å². The number of halogens is 2. The highest BCUT2D eigenvalue weighted by atomic mass is 35.5. The lowest BCUT2D eigenvalue weighted by Gasteiger charge is -2.13. The van der Waals surface area contributed by atoms with Crippen molar-refractivity contribution in [1.29, 1.82) is 0 Å². The Balaban J connectivity index is 1.62. The summed E-state index contributed by atoms with van der Waals surface area (Å²) in [6.07, 6.45) is 2.69. The van der Waals surface area contributed by atoms with Gasteiger partial charge in [0, 0.05) is 34.3 Å². The van der Waals surface area contributed by atoms with E-state index in [1.54, 1.807) is 25.1 Å². The van der Waals surface area contributed by atoms with Crippen LogP contribution in [0, 0.1) is 0 Å². The minimum atomic E-state index is -0.690. The lowest BCUT2D eigenvalue weighted by atomic mass is 10.1. The molecular formula is C24H19Cl2N5O3S. The van der Waals surface area contributed by atoms with Gasteiger partial charge in [0.25, 0.3) is 5.56 Å². The molecule has 0 unspecified atom stereocenters. The normalized spacial score (nSPS) is 10.7. The summed E-state index contributed by atoms with van der Waals surface area (Å²) in [6.45, 7) is 2.09. The number of anilines is 2. The molecule has 178 valence electrons. The fourth-order valence-corrected chi connectivity index (χ4v) is 4.58. The van der Waals surface area contributed by atoms with Crippen molar-refractivity contribution in [3.05, 3.63) is 87.4 Å². The van der Waals surface area contributed by atoms with E-state index >= 15 is 0 Å². The van der Waals surface area contributed by atoms with Crippen LogP contribution in [-0.2, 0) is 6.54 Å². The summed E-state index contributed by atoms with van der Waals surface area (Å²) in [5.74, 6) is 0.186. The van der Waals surface area contributed by atoms with E-state index in [0.29, 0.717) is 12.2 Å². The van der Waals surface area contributed by atoms with E-state index in [2.05, 4.69) is 20.7 Å². The zero-order chi connectivity index (χ0) is 24.9. The molecule has 0 saturated heterocycles. The first kappa shape index (κ1) is 24.6. The highest BCUT2D eigenvalue weighted by molar-refractivity contribution is 7.99. The molecule has 0 bridgehead atoms. The van der Waals surface area contributed by atoms with Crippen LogP contribution in [0.25, 0.3) is 11.3 Å². The summed E-state index contributed by atoms with van der Waals surface area (Å²) >= 11 is 13.6. The summed E-state index contributed by atoms with van der Waals surface area (Å²) in [5.41, 5.74) is 1.02. The number of amides is 2. The second kappa shape index (κ2) is 10.8. The van der Waals surface area contributed by atoms with Gasteiger partial charge in [-0.25, -0.2) is 9.48 Å². The van der Waals surface area contributed by atoms with E-state index in [1.165, 1.54) is 34.9 Å². The van der Waals surface area contributed by atoms with E-state index in [4.69, 9.17) is 23.2 Å². The maximum absolute atomic E-state index is 12.8. The third-order valence-corrected chi connectivity index (χ3v) is 6.35. The second-order valence-corrected chi connectivity index (χ2v) is 9.21. The topological polar surface area (TPSA) is 109 Å². The molecule has 35 heavy (non-hydrogen) atoms. The lowest BCUT2D eigenvalue weighted by molar-refractivity contribution is 0.262. The molecule has 4 aromatic rings. The zero-order valence-electron chi connectivity index (χ0n) is 18.3. The smallest absolute Gasteiger partial charge is 0.323 e. The van der Waals surface area contributed by atoms with Gasteiger partial charge in [-0.15, -0.1) is 0 Å². The van der Waals surface area contributed by atoms with Crippen LogP contribution in [0.1, 0.15) is 6.92 Å². The molecule has 0 spiro atoms. The number of hydrogen-bond acceptors (Lipinski definition) is 6. The van der Waals surface area contributed by atoms with Gasteiger partial charge < -0.3 is 15.7 Å². The van der Waals surface area contributed by atoms with Crippen LogP contribution in [0.4, 0.5) is 16.2 Å². The molecule has 2 aromatic heterocycles. The minimum Gasteiger partial charge on any atom is -0.508 e. The SMILES string of the molecule is CCn1nc(-c2cccc(Sc3cccc(O)c3)c2)cc(NC(=O)Nc2c(Cl)cncc2Cl)c1=O. The number of nitrogens with zero attached hydrogens (tertiary/aromatic N) is 3. The number of hydrogen-bond donors (Lipinski definition) is 3. The Morgan fingerprint density at radius 2 is 1.71 bits per heavy atom. The minimum absolute atomic E-state index is 0.0432. The molecule has 0 aliphatic heterocycles. The summed E-state index contributed by atoms with van der Waals surface area (Å²) in [5, 5.41) is 19.6. The second-order valence-electron chi connectivity index (χ2n) is 7.25. The molecule has 0 radical (unpaired) electrons. The van der Waals surface area contributed by atoms with Crippen LogP contribution < -0.4 is 16.2 Å². The fourth-order valence-electron chi connectivity index (χ4n) is 3.19. The average Bonchev–Trinajstić information content (AvgIpc) is 2.83. The fraction of sp³-hybridized carbons (Fsp3) is 0.0833. The Bertz CT molecular complexity index is 1440. The summed E-state index contributed by atoms with van der Waals surface area (Å²) in [4.78, 5) is 31.1. The van der Waals surface area contributed by atoms with Gasteiger partial charge in [0.1, 0.15) is 11.4 Å². The number of phenols is 1. The predicted octanol–water partition coefficient (Wildman–Crippen LogP) is 6.13. The quantitative estimate of drug-likeness (QED) is 0.278. The first-order valence-corrected chi connectivity index (χ1v) is 12.0. The Morgan fingerprint density at radius 1 is 1.03 bits per heavy atom. The number of pyridine rings is 1. The third-order valence-electron chi connectivity index (χ3n) is 4.80. The number of aromatic hydroxyl groups is 1. The third kappa shape index (κ3) is 5.94. The van der Waals surface area contributed by atoms with Crippen molar-refractivity contribution < 1.29 is 9.90 Å². The first-order valence-electron chi connectivity index (χ1n) is 10.4. The molecule has 11 heteroatoms. The maximum Gasteiger partial charge on any atom is 0.323 e. The average molecular weight is 528 g/mol. The standard InChI is InChI=1S/C24H19Cl2N5O3S/c1-2-31-23(33)21(28-24(34)29-22-18(25)12-27-13-19(22)26)11-20(30-31)14-5-3-7-16(9-14)35-17-8-4-6-15(32)10-17/h3-13,32H,2H2,1H3,(H2,27,28,29,34). The molecule has 8 nitrogen and oxygen atoms in total. The van der Waals surface area contributed by atoms with E-state index in [9.17, 15) is 14.7 Å². The monoisotopic (exact) mass is 527 g/mol. The molecule has 2 amide bonds. The van der Waals surface area contributed by atoms with Gasteiger partial charge in [-0.3, -0.25) is 9.78 Å². The molecule has 0 fully saturated rings. The maximum atomic E-state index is 12.8. The largest absolute Gasteiger partial charge is 0.508 e. The van der Waals surface area contributed by atoms with Crippen LogP contribution >= 0.6 is 35.0 Å². The van der Waals surface area contributed by atoms with Crippen molar-refractivity contribution >= 4 is 52.4 Å². The van der Waals surface area contributed by atoms with Crippen molar-refractivity contribution in [3.8, 4) is 17.0 Å². The number of urea groups is 1. The van der Waals surface area contributed by atoms with Gasteiger partial charge >= 0.3 is 6.03 Å². The predicted molar refractivity (Wildman–Crippen MR) is 139 cm³/mol. The van der Waals surface area contributed by atoms with Gasteiger partial charge in [0.2, 0.25) is 0 Å². The summed E-state index contributed by atoms with van der Waals surface area (Å²) < 4.78 is 1.27. The molecule has 3 N–H and O–H groups in total. The Labute approximate surface area is 214 Å². The van der Waals surface area contributed by atoms with Crippen molar-refractivity contribution in [3.63, 3.8) is 0 Å². The van der Waals surface area contributed by atoms with Crippen LogP contribution in [0.15, 0.2) is 81.6 Å². The van der Waals surface area contributed by atoms with E-state index in [-0.39, 0.29) is 27.2 Å². The Kier molecular flexibility index (Phi) is 7.60. The molecule has 4 rings (SSSR count). The van der Waals surface area contributed by atoms with Crippen molar-refractivity contribution in [2.75, 3.05) is 10.6 Å². The number of carbonyl (C=O) groups is 1. The molecule has 0 saturated carbocycles. The highest BCUT2D eigenvalue weighted by Gasteiger charge is 2.15. The molecule has 0 aliphatic rings. The van der Waals surface area contributed by atoms with E-state index in [1.807, 2.05) is 30.3 Å². The zero-order valence-corrected chi connectivity index (χ0v) is 20.7. The van der Waals surface area contributed by atoms with Gasteiger partial charge in [0.05, 0.1) is 21.4 Å². The molecule has 0 aliphatic carbocycles. The molecule has 0 atom stereocenters. The number of benzene rings is 2. The van der Waals surface area contributed by atoms with Crippen molar-refractivity contribution in [2.24, 2.45) is 0 Å². The number of aromatic nitrogens is 3. The van der Waals surface area contributed by atoms with Gasteiger partial charge in [-0.05, 0) is 43.3 Å². The summed E-state index contributed by atoms with van der Waals surface area (Å²) in [6, 6.07) is 15.4. The van der Waals surface area contributed by atoms with Gasteiger partial charge in [-0.1, -0.05) is 53.2 Å². The molecule has 2 heterocycles. The lowest BCUT2D eigenvalue weighted by Crippen LogP contribution is -2.29.